The predicted octanol–water partition coefficient (Wildman–Crippen LogP) is 0.466. The van der Waals surface area contributed by atoms with Crippen molar-refractivity contribution < 1.29 is 14.5 Å². The van der Waals surface area contributed by atoms with Gasteiger partial charge in [0.15, 0.2) is 0 Å². The van der Waals surface area contributed by atoms with Gasteiger partial charge in [0.05, 0.1) is 10.6 Å². The molecule has 8 heteroatoms. The standard InChI is InChI=1S/C13H16N4O4/c1-14-4-6-15(7-5-14)12-3-2-11(16(9-18)10-19)8-13(12)17(20)21/h2-3,8-10H,4-7H2,1H3. The summed E-state index contributed by atoms with van der Waals surface area (Å²) in [6.07, 6.45) is 0.642. The molecule has 0 aromatic heterocycles. The van der Waals surface area contributed by atoms with E-state index in [9.17, 15) is 19.7 Å². The predicted molar refractivity (Wildman–Crippen MR) is 77.4 cm³/mol. The zero-order valence-electron chi connectivity index (χ0n) is 11.6. The van der Waals surface area contributed by atoms with Gasteiger partial charge in [0, 0.05) is 32.2 Å². The first kappa shape index (κ1) is 14.9. The SMILES string of the molecule is CN1CCN(c2ccc(N(C=O)C=O)cc2[N+](=O)[O-])CC1. The average Bonchev–Trinajstić information content (AvgIpc) is 2.49. The molecular weight excluding hydrogens is 276 g/mol. The maximum atomic E-state index is 11.3. The van der Waals surface area contributed by atoms with Crippen molar-refractivity contribution in [1.29, 1.82) is 0 Å². The van der Waals surface area contributed by atoms with E-state index in [2.05, 4.69) is 4.90 Å². The van der Waals surface area contributed by atoms with Crippen LogP contribution in [0.5, 0.6) is 0 Å². The topological polar surface area (TPSA) is 87.0 Å². The summed E-state index contributed by atoms with van der Waals surface area (Å²) in [5.74, 6) is 0. The molecule has 0 saturated carbocycles. The summed E-state index contributed by atoms with van der Waals surface area (Å²) in [7, 11) is 2.00. The lowest BCUT2D eigenvalue weighted by Crippen LogP contribution is -2.44. The fourth-order valence-corrected chi connectivity index (χ4v) is 2.28. The summed E-state index contributed by atoms with van der Waals surface area (Å²) in [6.45, 7) is 3.05. The number of piperazine rings is 1. The van der Waals surface area contributed by atoms with Crippen molar-refractivity contribution in [2.75, 3.05) is 43.0 Å². The van der Waals surface area contributed by atoms with Crippen LogP contribution in [0.25, 0.3) is 0 Å². The van der Waals surface area contributed by atoms with E-state index in [1.165, 1.54) is 12.1 Å². The zero-order valence-corrected chi connectivity index (χ0v) is 11.6. The second-order valence-corrected chi connectivity index (χ2v) is 4.84. The Morgan fingerprint density at radius 1 is 1.19 bits per heavy atom. The van der Waals surface area contributed by atoms with Crippen molar-refractivity contribution in [3.63, 3.8) is 0 Å². The first-order chi connectivity index (χ1) is 10.1. The molecule has 2 rings (SSSR count). The average molecular weight is 292 g/mol. The molecule has 0 N–H and O–H groups in total. The van der Waals surface area contributed by atoms with Gasteiger partial charge in [0.2, 0.25) is 12.8 Å². The Balaban J connectivity index is 2.35. The van der Waals surface area contributed by atoms with E-state index in [4.69, 9.17) is 0 Å². The number of likely N-dealkylation sites (N-methyl/N-ethyl adjacent to an activating group) is 1. The highest BCUT2D eigenvalue weighted by atomic mass is 16.6. The third-order valence-electron chi connectivity index (χ3n) is 3.52. The fourth-order valence-electron chi connectivity index (χ4n) is 2.28. The molecule has 1 aliphatic rings. The lowest BCUT2D eigenvalue weighted by molar-refractivity contribution is -0.384. The molecule has 1 aromatic rings. The van der Waals surface area contributed by atoms with Crippen LogP contribution in [-0.2, 0) is 9.59 Å². The molecule has 1 heterocycles. The number of nitro groups is 1. The number of rotatable bonds is 5. The van der Waals surface area contributed by atoms with E-state index in [1.54, 1.807) is 6.07 Å². The molecule has 1 fully saturated rings. The number of nitro benzene ring substituents is 1. The van der Waals surface area contributed by atoms with E-state index >= 15 is 0 Å². The Bertz CT molecular complexity index is 547. The summed E-state index contributed by atoms with van der Waals surface area (Å²) in [4.78, 5) is 37.1. The molecular formula is C13H16N4O4. The van der Waals surface area contributed by atoms with Crippen LogP contribution in [-0.4, -0.2) is 55.9 Å². The highest BCUT2D eigenvalue weighted by Gasteiger charge is 2.23. The van der Waals surface area contributed by atoms with Crippen LogP contribution in [0.2, 0.25) is 0 Å². The minimum Gasteiger partial charge on any atom is -0.363 e. The molecule has 0 radical (unpaired) electrons. The highest BCUT2D eigenvalue weighted by molar-refractivity contribution is 5.96. The smallest absolute Gasteiger partial charge is 0.294 e. The van der Waals surface area contributed by atoms with Gasteiger partial charge < -0.3 is 9.80 Å². The Labute approximate surface area is 121 Å². The van der Waals surface area contributed by atoms with Crippen molar-refractivity contribution >= 4 is 29.9 Å². The third kappa shape index (κ3) is 3.16. The largest absolute Gasteiger partial charge is 0.363 e. The van der Waals surface area contributed by atoms with Gasteiger partial charge in [-0.25, -0.2) is 0 Å². The second-order valence-electron chi connectivity index (χ2n) is 4.84. The lowest BCUT2D eigenvalue weighted by atomic mass is 10.2. The van der Waals surface area contributed by atoms with Crippen LogP contribution in [0.4, 0.5) is 17.1 Å². The van der Waals surface area contributed by atoms with E-state index < -0.39 is 4.92 Å². The van der Waals surface area contributed by atoms with Crippen LogP contribution in [0.15, 0.2) is 18.2 Å². The fraction of sp³-hybridized carbons (Fsp3) is 0.385. The molecule has 21 heavy (non-hydrogen) atoms. The lowest BCUT2D eigenvalue weighted by Gasteiger charge is -2.33. The van der Waals surface area contributed by atoms with Gasteiger partial charge in [0.25, 0.3) is 5.69 Å². The van der Waals surface area contributed by atoms with Crippen LogP contribution < -0.4 is 9.80 Å². The number of amides is 2. The Morgan fingerprint density at radius 3 is 2.33 bits per heavy atom. The number of nitrogens with zero attached hydrogens (tertiary/aromatic N) is 4. The van der Waals surface area contributed by atoms with Crippen molar-refractivity contribution in [3.05, 3.63) is 28.3 Å². The van der Waals surface area contributed by atoms with Crippen LogP contribution in [0.3, 0.4) is 0 Å². The summed E-state index contributed by atoms with van der Waals surface area (Å²) >= 11 is 0. The molecule has 112 valence electrons. The normalized spacial score (nSPS) is 15.6. The van der Waals surface area contributed by atoms with Crippen LogP contribution >= 0.6 is 0 Å². The number of carbonyl (C=O) groups excluding carboxylic acids is 2. The Kier molecular flexibility index (Phi) is 4.49. The van der Waals surface area contributed by atoms with Gasteiger partial charge in [-0.3, -0.25) is 24.6 Å². The number of anilines is 2. The first-order valence-corrected chi connectivity index (χ1v) is 6.47. The number of imide groups is 1. The molecule has 8 nitrogen and oxygen atoms in total. The van der Waals surface area contributed by atoms with Crippen molar-refractivity contribution in [2.24, 2.45) is 0 Å². The van der Waals surface area contributed by atoms with Gasteiger partial charge >= 0.3 is 0 Å². The first-order valence-electron chi connectivity index (χ1n) is 6.47. The summed E-state index contributed by atoms with van der Waals surface area (Å²) in [5, 5.41) is 11.3. The summed E-state index contributed by atoms with van der Waals surface area (Å²) in [5.41, 5.74) is 0.587. The second kappa shape index (κ2) is 6.31. The molecule has 0 aliphatic carbocycles. The van der Waals surface area contributed by atoms with Crippen molar-refractivity contribution in [1.82, 2.24) is 4.90 Å². The molecule has 1 aliphatic heterocycles. The van der Waals surface area contributed by atoms with Gasteiger partial charge in [-0.1, -0.05) is 0 Å². The minimum atomic E-state index is -0.495. The maximum Gasteiger partial charge on any atom is 0.294 e. The summed E-state index contributed by atoms with van der Waals surface area (Å²) in [6, 6.07) is 4.36. The van der Waals surface area contributed by atoms with Crippen molar-refractivity contribution in [3.8, 4) is 0 Å². The third-order valence-corrected chi connectivity index (χ3v) is 3.52. The van der Waals surface area contributed by atoms with Crippen LogP contribution in [0.1, 0.15) is 0 Å². The maximum absolute atomic E-state index is 11.3. The van der Waals surface area contributed by atoms with E-state index in [-0.39, 0.29) is 11.4 Å². The molecule has 0 spiro atoms. The quantitative estimate of drug-likeness (QED) is 0.445. The number of hydrogen-bond acceptors (Lipinski definition) is 6. The zero-order chi connectivity index (χ0) is 15.4. The monoisotopic (exact) mass is 292 g/mol. The van der Waals surface area contributed by atoms with E-state index in [0.717, 1.165) is 18.0 Å². The number of carbonyl (C=O) groups is 2. The number of benzene rings is 1. The molecule has 0 atom stereocenters. The number of hydrogen-bond donors (Lipinski definition) is 0. The molecule has 1 aromatic carbocycles. The van der Waals surface area contributed by atoms with Gasteiger partial charge in [-0.05, 0) is 19.2 Å². The highest BCUT2D eigenvalue weighted by Crippen LogP contribution is 2.32. The Hall–Kier alpha value is -2.48. The minimum absolute atomic E-state index is 0.106. The van der Waals surface area contributed by atoms with E-state index in [1.807, 2.05) is 11.9 Å². The molecule has 0 unspecified atom stereocenters. The molecule has 1 saturated heterocycles. The van der Waals surface area contributed by atoms with Crippen molar-refractivity contribution in [2.45, 2.75) is 0 Å². The van der Waals surface area contributed by atoms with Gasteiger partial charge in [0.1, 0.15) is 5.69 Å². The Morgan fingerprint density at radius 2 is 1.81 bits per heavy atom. The van der Waals surface area contributed by atoms with E-state index in [0.29, 0.717) is 31.6 Å². The molecule has 2 amide bonds. The molecule has 0 bridgehead atoms. The van der Waals surface area contributed by atoms with Gasteiger partial charge in [-0.15, -0.1) is 0 Å². The van der Waals surface area contributed by atoms with Gasteiger partial charge in [-0.2, -0.15) is 0 Å². The summed E-state index contributed by atoms with van der Waals surface area (Å²) < 4.78 is 0. The van der Waals surface area contributed by atoms with Crippen LogP contribution in [0, 0.1) is 10.1 Å².